The molecule has 0 aliphatic carbocycles. The van der Waals surface area contributed by atoms with Gasteiger partial charge in [-0.1, -0.05) is 45.4 Å². The Morgan fingerprint density at radius 3 is 2.50 bits per heavy atom. The van der Waals surface area contributed by atoms with Crippen LogP contribution in [0.4, 0.5) is 5.69 Å². The van der Waals surface area contributed by atoms with E-state index in [1.807, 2.05) is 6.07 Å². The van der Waals surface area contributed by atoms with Gasteiger partial charge < -0.3 is 10.2 Å². The minimum absolute atomic E-state index is 0.660. The van der Waals surface area contributed by atoms with Crippen molar-refractivity contribution in [1.29, 1.82) is 0 Å². The van der Waals surface area contributed by atoms with E-state index >= 15 is 0 Å². The summed E-state index contributed by atoms with van der Waals surface area (Å²) in [7, 11) is 0. The zero-order chi connectivity index (χ0) is 14.7. The first-order valence-electron chi connectivity index (χ1n) is 7.72. The van der Waals surface area contributed by atoms with Crippen molar-refractivity contribution in [3.63, 3.8) is 0 Å². The summed E-state index contributed by atoms with van der Waals surface area (Å²) in [6.45, 7) is 13.3. The highest BCUT2D eigenvalue weighted by atomic mass is 35.5. The van der Waals surface area contributed by atoms with E-state index in [1.165, 1.54) is 11.3 Å². The molecule has 1 saturated heterocycles. The number of benzene rings is 1. The highest BCUT2D eigenvalue weighted by molar-refractivity contribution is 6.31. The molecule has 0 radical (unpaired) electrons. The summed E-state index contributed by atoms with van der Waals surface area (Å²) in [4.78, 5) is 2.49. The fourth-order valence-electron chi connectivity index (χ4n) is 2.83. The fraction of sp³-hybridized carbons (Fsp3) is 0.647. The number of halogens is 1. The third-order valence-electron chi connectivity index (χ3n) is 4.28. The van der Waals surface area contributed by atoms with E-state index in [2.05, 4.69) is 50.0 Å². The Hall–Kier alpha value is -0.730. The minimum atomic E-state index is 0.660. The predicted molar refractivity (Wildman–Crippen MR) is 88.5 cm³/mol. The second kappa shape index (κ2) is 6.82. The Balaban J connectivity index is 2.14. The lowest BCUT2D eigenvalue weighted by atomic mass is 10.0. The first-order valence-corrected chi connectivity index (χ1v) is 8.10. The van der Waals surface area contributed by atoms with Gasteiger partial charge in [-0.05, 0) is 36.4 Å². The molecular weight excluding hydrogens is 268 g/mol. The standard InChI is InChI=1S/C17H27ClN2/c1-12(2)8-19-9-15-16(18)6-5-7-17(15)20-10-13(3)14(4)11-20/h5-7,12-14,19H,8-11H2,1-4H3. The minimum Gasteiger partial charge on any atom is -0.371 e. The van der Waals surface area contributed by atoms with E-state index < -0.39 is 0 Å². The van der Waals surface area contributed by atoms with Crippen LogP contribution in [-0.2, 0) is 6.54 Å². The van der Waals surface area contributed by atoms with E-state index in [9.17, 15) is 0 Å². The number of nitrogens with zero attached hydrogens (tertiary/aromatic N) is 1. The van der Waals surface area contributed by atoms with Crippen LogP contribution in [0.15, 0.2) is 18.2 Å². The molecule has 112 valence electrons. The average Bonchev–Trinajstić information content (AvgIpc) is 2.71. The van der Waals surface area contributed by atoms with E-state index in [1.54, 1.807) is 0 Å². The number of hydrogen-bond donors (Lipinski definition) is 1. The van der Waals surface area contributed by atoms with Crippen molar-refractivity contribution in [3.05, 3.63) is 28.8 Å². The summed E-state index contributed by atoms with van der Waals surface area (Å²) in [5.41, 5.74) is 2.56. The Labute approximate surface area is 128 Å². The maximum absolute atomic E-state index is 6.43. The molecule has 0 bridgehead atoms. The quantitative estimate of drug-likeness (QED) is 0.876. The van der Waals surface area contributed by atoms with Crippen LogP contribution >= 0.6 is 11.6 Å². The van der Waals surface area contributed by atoms with Gasteiger partial charge in [-0.3, -0.25) is 0 Å². The Bertz CT molecular complexity index is 435. The maximum Gasteiger partial charge on any atom is 0.0471 e. The van der Waals surface area contributed by atoms with E-state index in [0.29, 0.717) is 5.92 Å². The van der Waals surface area contributed by atoms with Gasteiger partial charge in [0.2, 0.25) is 0 Å². The molecule has 0 amide bonds. The van der Waals surface area contributed by atoms with Crippen LogP contribution in [0, 0.1) is 17.8 Å². The van der Waals surface area contributed by atoms with Crippen LogP contribution < -0.4 is 10.2 Å². The molecule has 2 nitrogen and oxygen atoms in total. The zero-order valence-electron chi connectivity index (χ0n) is 13.1. The summed E-state index contributed by atoms with van der Waals surface area (Å²) < 4.78 is 0. The summed E-state index contributed by atoms with van der Waals surface area (Å²) in [5, 5.41) is 4.40. The van der Waals surface area contributed by atoms with E-state index in [4.69, 9.17) is 11.6 Å². The number of nitrogens with one attached hydrogen (secondary N) is 1. The molecule has 1 aliphatic heterocycles. The summed E-state index contributed by atoms with van der Waals surface area (Å²) >= 11 is 6.43. The van der Waals surface area contributed by atoms with Crippen molar-refractivity contribution in [2.24, 2.45) is 17.8 Å². The van der Waals surface area contributed by atoms with Gasteiger partial charge in [-0.25, -0.2) is 0 Å². The van der Waals surface area contributed by atoms with Gasteiger partial charge in [0.25, 0.3) is 0 Å². The molecule has 2 atom stereocenters. The fourth-order valence-corrected chi connectivity index (χ4v) is 3.07. The van der Waals surface area contributed by atoms with Crippen LogP contribution in [0.1, 0.15) is 33.3 Å². The third kappa shape index (κ3) is 3.67. The number of rotatable bonds is 5. The van der Waals surface area contributed by atoms with E-state index in [-0.39, 0.29) is 0 Å². The Morgan fingerprint density at radius 2 is 1.90 bits per heavy atom. The molecule has 1 heterocycles. The van der Waals surface area contributed by atoms with Crippen molar-refractivity contribution in [2.45, 2.75) is 34.2 Å². The predicted octanol–water partition coefficient (Wildman–Crippen LogP) is 4.18. The highest BCUT2D eigenvalue weighted by Gasteiger charge is 2.27. The van der Waals surface area contributed by atoms with Gasteiger partial charge in [-0.15, -0.1) is 0 Å². The monoisotopic (exact) mass is 294 g/mol. The smallest absolute Gasteiger partial charge is 0.0471 e. The van der Waals surface area contributed by atoms with Gasteiger partial charge in [0.05, 0.1) is 0 Å². The molecule has 2 rings (SSSR count). The van der Waals surface area contributed by atoms with Crippen LogP contribution in [-0.4, -0.2) is 19.6 Å². The summed E-state index contributed by atoms with van der Waals surface area (Å²) in [6.07, 6.45) is 0. The Morgan fingerprint density at radius 1 is 1.25 bits per heavy atom. The summed E-state index contributed by atoms with van der Waals surface area (Å²) in [5.74, 6) is 2.17. The first kappa shape index (κ1) is 15.7. The molecule has 0 saturated carbocycles. The molecule has 1 fully saturated rings. The van der Waals surface area contributed by atoms with Crippen molar-refractivity contribution in [3.8, 4) is 0 Å². The second-order valence-corrected chi connectivity index (χ2v) is 7.03. The second-order valence-electron chi connectivity index (χ2n) is 6.62. The molecular formula is C17H27ClN2. The van der Waals surface area contributed by atoms with E-state index in [0.717, 1.165) is 43.0 Å². The van der Waals surface area contributed by atoms with Gasteiger partial charge in [0, 0.05) is 35.9 Å². The van der Waals surface area contributed by atoms with Gasteiger partial charge in [0.1, 0.15) is 0 Å². The van der Waals surface area contributed by atoms with Gasteiger partial charge >= 0.3 is 0 Å². The molecule has 0 aromatic heterocycles. The van der Waals surface area contributed by atoms with Crippen molar-refractivity contribution in [1.82, 2.24) is 5.32 Å². The largest absolute Gasteiger partial charge is 0.371 e. The molecule has 1 aromatic rings. The highest BCUT2D eigenvalue weighted by Crippen LogP contribution is 2.33. The Kier molecular flexibility index (Phi) is 5.34. The third-order valence-corrected chi connectivity index (χ3v) is 4.63. The van der Waals surface area contributed by atoms with Crippen LogP contribution in [0.5, 0.6) is 0 Å². The van der Waals surface area contributed by atoms with Crippen LogP contribution in [0.3, 0.4) is 0 Å². The lowest BCUT2D eigenvalue weighted by molar-refractivity contribution is 0.494. The molecule has 1 N–H and O–H groups in total. The first-order chi connectivity index (χ1) is 9.49. The van der Waals surface area contributed by atoms with Crippen molar-refractivity contribution in [2.75, 3.05) is 24.5 Å². The molecule has 1 aliphatic rings. The summed E-state index contributed by atoms with van der Waals surface area (Å²) in [6, 6.07) is 6.28. The normalized spacial score (nSPS) is 22.8. The molecule has 20 heavy (non-hydrogen) atoms. The molecule has 2 unspecified atom stereocenters. The number of anilines is 1. The van der Waals surface area contributed by atoms with Gasteiger partial charge in [0.15, 0.2) is 0 Å². The van der Waals surface area contributed by atoms with Gasteiger partial charge in [-0.2, -0.15) is 0 Å². The average molecular weight is 295 g/mol. The SMILES string of the molecule is CC(C)CNCc1c(Cl)cccc1N1CC(C)C(C)C1. The molecule has 1 aromatic carbocycles. The molecule has 3 heteroatoms. The lowest BCUT2D eigenvalue weighted by Crippen LogP contribution is -2.24. The van der Waals surface area contributed by atoms with Crippen molar-refractivity contribution < 1.29 is 0 Å². The number of hydrogen-bond acceptors (Lipinski definition) is 2. The van der Waals surface area contributed by atoms with Crippen LogP contribution in [0.2, 0.25) is 5.02 Å². The molecule has 0 spiro atoms. The van der Waals surface area contributed by atoms with Crippen LogP contribution in [0.25, 0.3) is 0 Å². The maximum atomic E-state index is 6.43. The topological polar surface area (TPSA) is 15.3 Å². The van der Waals surface area contributed by atoms with Crippen molar-refractivity contribution >= 4 is 17.3 Å². The zero-order valence-corrected chi connectivity index (χ0v) is 13.9. The lowest BCUT2D eigenvalue weighted by Gasteiger charge is -2.23.